The zero-order valence-corrected chi connectivity index (χ0v) is 8.01. The largest absolute Gasteiger partial charge is 0.505 e. The topological polar surface area (TPSA) is 26.3 Å². The normalized spacial score (nSPS) is 14.4. The first-order chi connectivity index (χ1) is 6.42. The minimum Gasteiger partial charge on any atom is -0.197 e. The lowest BCUT2D eigenvalue weighted by atomic mass is 10.2. The highest BCUT2D eigenvalue weighted by Crippen LogP contribution is 2.47. The molecule has 0 rings (SSSR count). The maximum absolute atomic E-state index is 12.3. The molecule has 1 atom stereocenters. The van der Waals surface area contributed by atoms with Crippen LogP contribution in [0.3, 0.4) is 0 Å². The molecule has 0 saturated carbocycles. The number of hydrogen-bond acceptors (Lipinski definition) is 2. The van der Waals surface area contributed by atoms with E-state index >= 15 is 0 Å². The fourth-order valence-corrected chi connectivity index (χ4v) is 0.814. The van der Waals surface area contributed by atoms with Crippen molar-refractivity contribution in [2.24, 2.45) is 0 Å². The predicted molar refractivity (Wildman–Crippen MR) is 42.2 cm³/mol. The van der Waals surface area contributed by atoms with Crippen LogP contribution in [0, 0.1) is 0 Å². The van der Waals surface area contributed by atoms with E-state index in [2.05, 4.69) is 4.52 Å². The Morgan fingerprint density at radius 1 is 1.06 bits per heavy atom. The summed E-state index contributed by atoms with van der Waals surface area (Å²) >= 11 is 0. The van der Waals surface area contributed by atoms with Gasteiger partial charge in [-0.05, 0) is 4.57 Å². The Labute approximate surface area is 87.6 Å². The summed E-state index contributed by atoms with van der Waals surface area (Å²) in [6.45, 7) is -1.51. The molecule has 0 aliphatic heterocycles. The second-order valence-electron chi connectivity index (χ2n) is 2.49. The van der Waals surface area contributed by atoms with Crippen LogP contribution < -0.4 is 0 Å². The Hall–Kier alpha value is -0.430. The summed E-state index contributed by atoms with van der Waals surface area (Å²) in [5.41, 5.74) is 0. The van der Waals surface area contributed by atoms with Crippen LogP contribution in [-0.4, -0.2) is 31.3 Å². The monoisotopic (exact) mass is 277 g/mol. The highest BCUT2D eigenvalue weighted by Gasteiger charge is 2.73. The van der Waals surface area contributed by atoms with Gasteiger partial charge in [-0.1, -0.05) is 7.43 Å². The lowest BCUT2D eigenvalue weighted by Crippen LogP contribution is -2.53. The maximum Gasteiger partial charge on any atom is 0.505 e. The average molecular weight is 277 g/mol. The summed E-state index contributed by atoms with van der Waals surface area (Å²) in [5.74, 6) is -11.7. The molecule has 0 aliphatic rings. The van der Waals surface area contributed by atoms with Crippen molar-refractivity contribution in [3.05, 3.63) is 0 Å². The zero-order chi connectivity index (χ0) is 12.5. The average Bonchev–Trinajstić information content (AvgIpc) is 1.98. The van der Waals surface area contributed by atoms with E-state index in [0.29, 0.717) is 0 Å². The summed E-state index contributed by atoms with van der Waals surface area (Å²) in [4.78, 5) is 0. The summed E-state index contributed by atoms with van der Waals surface area (Å²) in [7, 11) is -2.68. The summed E-state index contributed by atoms with van der Waals surface area (Å²) in [6.07, 6.45) is -6.39. The van der Waals surface area contributed by atoms with Crippen molar-refractivity contribution >= 4 is 8.03 Å². The Bertz CT molecular complexity index is 250. The van der Waals surface area contributed by atoms with Gasteiger partial charge in [0.25, 0.3) is 0 Å². The molecule has 0 aliphatic carbocycles. The Morgan fingerprint density at radius 3 is 1.69 bits per heavy atom. The van der Waals surface area contributed by atoms with Crippen molar-refractivity contribution in [2.75, 3.05) is 13.3 Å². The lowest BCUT2D eigenvalue weighted by Gasteiger charge is -2.26. The van der Waals surface area contributed by atoms with E-state index in [1.54, 1.807) is 0 Å². The lowest BCUT2D eigenvalue weighted by molar-refractivity contribution is -0.358. The van der Waals surface area contributed by atoms with E-state index in [1.807, 2.05) is 0 Å². The van der Waals surface area contributed by atoms with Crippen LogP contribution in [0.1, 0.15) is 7.43 Å². The fraction of sp³-hybridized carbons (Fsp3) is 1.00. The predicted octanol–water partition coefficient (Wildman–Crippen LogP) is 3.84. The third kappa shape index (κ3) is 3.86. The minimum atomic E-state index is -6.39. The first-order valence-electron chi connectivity index (χ1n) is 3.28. The Kier molecular flexibility index (Phi) is 5.91. The van der Waals surface area contributed by atoms with Gasteiger partial charge in [-0.15, -0.1) is 4.52 Å². The SMILES string of the molecule is C.C[P+](=O)OCC(F)(F)C(F)(F)C(F)(F)F. The van der Waals surface area contributed by atoms with Crippen molar-refractivity contribution in [1.29, 1.82) is 0 Å². The molecule has 98 valence electrons. The third-order valence-corrected chi connectivity index (χ3v) is 1.74. The van der Waals surface area contributed by atoms with Crippen molar-refractivity contribution in [3.63, 3.8) is 0 Å². The van der Waals surface area contributed by atoms with Gasteiger partial charge in [0, 0.05) is 0 Å². The molecule has 0 saturated heterocycles. The fourth-order valence-electron chi connectivity index (χ4n) is 0.470. The van der Waals surface area contributed by atoms with E-state index in [-0.39, 0.29) is 7.43 Å². The molecule has 2 nitrogen and oxygen atoms in total. The smallest absolute Gasteiger partial charge is 0.197 e. The number of rotatable bonds is 4. The molecule has 0 amide bonds. The number of hydrogen-bond donors (Lipinski definition) is 0. The van der Waals surface area contributed by atoms with Crippen LogP contribution in [0.2, 0.25) is 0 Å². The summed E-state index contributed by atoms with van der Waals surface area (Å²) < 4.78 is 97.1. The first-order valence-corrected chi connectivity index (χ1v) is 4.90. The highest BCUT2D eigenvalue weighted by molar-refractivity contribution is 7.38. The molecule has 1 unspecified atom stereocenters. The van der Waals surface area contributed by atoms with Gasteiger partial charge in [-0.25, -0.2) is 0 Å². The van der Waals surface area contributed by atoms with E-state index in [9.17, 15) is 35.3 Å². The number of alkyl halides is 7. The molecule has 0 aromatic rings. The minimum absolute atomic E-state index is 0. The van der Waals surface area contributed by atoms with Crippen molar-refractivity contribution in [3.8, 4) is 0 Å². The van der Waals surface area contributed by atoms with Crippen molar-refractivity contribution < 1.29 is 39.8 Å². The standard InChI is InChI=1S/C5H5F7O2P.CH4/c1-15(13)14-2-3(6,7)4(8,9)5(10,11)12;/h2H2,1H3;1H4/q+1;. The van der Waals surface area contributed by atoms with E-state index in [0.717, 1.165) is 6.66 Å². The number of halogens is 7. The van der Waals surface area contributed by atoms with Crippen molar-refractivity contribution in [2.45, 2.75) is 25.4 Å². The highest BCUT2D eigenvalue weighted by atomic mass is 31.1. The van der Waals surface area contributed by atoms with Gasteiger partial charge in [0.2, 0.25) is 0 Å². The molecule has 0 spiro atoms. The van der Waals surface area contributed by atoms with E-state index in [1.165, 1.54) is 0 Å². The van der Waals surface area contributed by atoms with Crippen LogP contribution in [0.5, 0.6) is 0 Å². The molecule has 0 fully saturated rings. The second kappa shape index (κ2) is 5.27. The molecule has 0 aromatic heterocycles. The summed E-state index contributed by atoms with van der Waals surface area (Å²) in [5, 5.41) is 0. The maximum atomic E-state index is 12.3. The van der Waals surface area contributed by atoms with E-state index in [4.69, 9.17) is 0 Å². The molecular formula is C6H9F7O2P+. The quantitative estimate of drug-likeness (QED) is 0.576. The van der Waals surface area contributed by atoms with Crippen LogP contribution in [0.15, 0.2) is 0 Å². The molecule has 16 heavy (non-hydrogen) atoms. The second-order valence-corrected chi connectivity index (χ2v) is 3.63. The van der Waals surface area contributed by atoms with Gasteiger partial charge in [0.05, 0.1) is 0 Å². The van der Waals surface area contributed by atoms with Crippen molar-refractivity contribution in [1.82, 2.24) is 0 Å². The molecule has 0 N–H and O–H groups in total. The summed E-state index contributed by atoms with van der Waals surface area (Å²) in [6, 6.07) is 0. The molecule has 0 aromatic carbocycles. The van der Waals surface area contributed by atoms with Crippen LogP contribution in [-0.2, 0) is 9.09 Å². The van der Waals surface area contributed by atoms with Crippen LogP contribution in [0.25, 0.3) is 0 Å². The van der Waals surface area contributed by atoms with Gasteiger partial charge in [0.1, 0.15) is 0 Å². The zero-order valence-electron chi connectivity index (χ0n) is 7.12. The van der Waals surface area contributed by atoms with Crippen LogP contribution in [0.4, 0.5) is 30.7 Å². The van der Waals surface area contributed by atoms with Gasteiger partial charge < -0.3 is 0 Å². The third-order valence-electron chi connectivity index (χ3n) is 1.24. The van der Waals surface area contributed by atoms with E-state index < -0.39 is 32.7 Å². The molecule has 0 radical (unpaired) electrons. The first kappa shape index (κ1) is 17.9. The van der Waals surface area contributed by atoms with Gasteiger partial charge in [-0.2, -0.15) is 30.7 Å². The molecule has 0 bridgehead atoms. The Balaban J connectivity index is 0. The Morgan fingerprint density at radius 2 is 1.44 bits per heavy atom. The molecular weight excluding hydrogens is 268 g/mol. The molecule has 10 heteroatoms. The molecule has 0 heterocycles. The van der Waals surface area contributed by atoms with Gasteiger partial charge in [0.15, 0.2) is 13.3 Å². The van der Waals surface area contributed by atoms with Gasteiger partial charge in [-0.3, -0.25) is 0 Å². The van der Waals surface area contributed by atoms with Gasteiger partial charge >= 0.3 is 26.0 Å². The van der Waals surface area contributed by atoms with Crippen LogP contribution >= 0.6 is 8.03 Å².